The van der Waals surface area contributed by atoms with Gasteiger partial charge in [0.2, 0.25) is 0 Å². The molecule has 0 heterocycles. The lowest BCUT2D eigenvalue weighted by Gasteiger charge is -2.06. The number of benzene rings is 1. The molecule has 0 aliphatic heterocycles. The molecule has 1 rings (SSSR count). The van der Waals surface area contributed by atoms with Crippen molar-refractivity contribution in [3.8, 4) is 0 Å². The number of anilines is 1. The molecule has 0 saturated carbocycles. The van der Waals surface area contributed by atoms with E-state index < -0.39 is 11.8 Å². The number of hydrogen-bond donors (Lipinski definition) is 2. The molecule has 0 spiro atoms. The summed E-state index contributed by atoms with van der Waals surface area (Å²) in [7, 11) is 0. The highest BCUT2D eigenvalue weighted by Crippen LogP contribution is 2.15. The zero-order chi connectivity index (χ0) is 12.1. The van der Waals surface area contributed by atoms with Crippen molar-refractivity contribution in [3.05, 3.63) is 39.7 Å². The van der Waals surface area contributed by atoms with Crippen molar-refractivity contribution in [2.75, 3.05) is 5.32 Å². The van der Waals surface area contributed by atoms with Crippen molar-refractivity contribution in [1.82, 2.24) is 5.32 Å². The molecule has 0 aromatic heterocycles. The molecular weight excluding hydrogens is 277 g/mol. The van der Waals surface area contributed by atoms with Crippen LogP contribution >= 0.6 is 34.8 Å². The number of hydrogen-bond acceptors (Lipinski definition) is 1. The van der Waals surface area contributed by atoms with E-state index in [2.05, 4.69) is 10.6 Å². The zero-order valence-corrected chi connectivity index (χ0v) is 10.00. The second kappa shape index (κ2) is 5.94. The molecule has 0 aliphatic rings. The quantitative estimate of drug-likeness (QED) is 0.797. The van der Waals surface area contributed by atoms with E-state index in [1.54, 1.807) is 0 Å². The Morgan fingerprint density at radius 3 is 2.19 bits per heavy atom. The van der Waals surface area contributed by atoms with Crippen molar-refractivity contribution >= 4 is 46.5 Å². The lowest BCUT2D eigenvalue weighted by atomic mass is 10.3. The molecule has 16 heavy (non-hydrogen) atoms. The fourth-order valence-corrected chi connectivity index (χ4v) is 1.02. The van der Waals surface area contributed by atoms with Crippen LogP contribution in [0.4, 0.5) is 14.9 Å². The van der Waals surface area contributed by atoms with Crippen molar-refractivity contribution in [2.45, 2.75) is 0 Å². The molecule has 0 radical (unpaired) electrons. The van der Waals surface area contributed by atoms with Gasteiger partial charge in [0.25, 0.3) is 0 Å². The van der Waals surface area contributed by atoms with Crippen molar-refractivity contribution in [2.24, 2.45) is 0 Å². The summed E-state index contributed by atoms with van der Waals surface area (Å²) in [5.41, 5.74) is 0.411. The average molecular weight is 284 g/mol. The minimum atomic E-state index is -0.629. The fourth-order valence-electron chi connectivity index (χ4n) is 0.842. The number of halogens is 4. The number of amides is 2. The Kier molecular flexibility index (Phi) is 4.86. The summed E-state index contributed by atoms with van der Waals surface area (Å²) in [6.45, 7) is 0. The first kappa shape index (κ1) is 13.1. The topological polar surface area (TPSA) is 41.1 Å². The molecule has 86 valence electrons. The third-order valence-electron chi connectivity index (χ3n) is 1.49. The molecule has 0 fully saturated rings. The number of rotatable bonds is 2. The third-order valence-corrected chi connectivity index (χ3v) is 2.35. The molecule has 0 saturated heterocycles. The van der Waals surface area contributed by atoms with Gasteiger partial charge in [-0.1, -0.05) is 34.8 Å². The maximum atomic E-state index is 12.5. The maximum Gasteiger partial charge on any atom is 0.324 e. The fraction of sp³-hybridized carbons (Fsp3) is 0. The molecule has 2 N–H and O–H groups in total. The van der Waals surface area contributed by atoms with E-state index in [-0.39, 0.29) is 9.65 Å². The Labute approximate surface area is 106 Å². The second-order valence-corrected chi connectivity index (χ2v) is 3.99. The predicted octanol–water partition coefficient (Wildman–Crippen LogP) is 3.79. The van der Waals surface area contributed by atoms with E-state index in [0.717, 1.165) is 0 Å². The maximum absolute atomic E-state index is 12.5. The Morgan fingerprint density at radius 2 is 1.69 bits per heavy atom. The SMILES string of the molecule is O=C(NC(Cl)=C(Cl)Cl)Nc1ccc(F)cc1. The van der Waals surface area contributed by atoms with Gasteiger partial charge in [-0.25, -0.2) is 9.18 Å². The van der Waals surface area contributed by atoms with E-state index >= 15 is 0 Å². The van der Waals surface area contributed by atoms with E-state index in [1.165, 1.54) is 24.3 Å². The summed E-state index contributed by atoms with van der Waals surface area (Å²) in [4.78, 5) is 11.3. The Hall–Kier alpha value is -0.970. The second-order valence-electron chi connectivity index (χ2n) is 2.66. The highest BCUT2D eigenvalue weighted by Gasteiger charge is 2.05. The van der Waals surface area contributed by atoms with E-state index in [4.69, 9.17) is 34.8 Å². The molecule has 1 aromatic rings. The standard InChI is InChI=1S/C9H6Cl3FN2O/c10-7(11)8(12)15-9(16)14-6-3-1-5(13)2-4-6/h1-4H,(H2,14,15,16). The largest absolute Gasteiger partial charge is 0.324 e. The first-order valence-electron chi connectivity index (χ1n) is 4.03. The monoisotopic (exact) mass is 282 g/mol. The number of carbonyl (C=O) groups excluding carboxylic acids is 1. The summed E-state index contributed by atoms with van der Waals surface area (Å²) in [5, 5.41) is 4.39. The Balaban J connectivity index is 2.59. The Bertz CT molecular complexity index is 415. The molecule has 3 nitrogen and oxygen atoms in total. The van der Waals surface area contributed by atoms with Crippen LogP contribution in [0.25, 0.3) is 0 Å². The van der Waals surface area contributed by atoms with Crippen LogP contribution in [-0.2, 0) is 0 Å². The van der Waals surface area contributed by atoms with Crippen LogP contribution < -0.4 is 10.6 Å². The van der Waals surface area contributed by atoms with E-state index in [1.807, 2.05) is 0 Å². The van der Waals surface area contributed by atoms with Crippen molar-refractivity contribution < 1.29 is 9.18 Å². The van der Waals surface area contributed by atoms with Gasteiger partial charge in [0.15, 0.2) is 0 Å². The lowest BCUT2D eigenvalue weighted by molar-refractivity contribution is 0.255. The van der Waals surface area contributed by atoms with Gasteiger partial charge in [0.05, 0.1) is 0 Å². The minimum absolute atomic E-state index is 0.192. The van der Waals surface area contributed by atoms with E-state index in [9.17, 15) is 9.18 Å². The summed E-state index contributed by atoms with van der Waals surface area (Å²) in [6, 6.07) is 4.59. The smallest absolute Gasteiger partial charge is 0.308 e. The zero-order valence-electron chi connectivity index (χ0n) is 7.73. The summed E-state index contributed by atoms with van der Waals surface area (Å²) in [6.07, 6.45) is 0. The minimum Gasteiger partial charge on any atom is -0.308 e. The number of nitrogens with one attached hydrogen (secondary N) is 2. The van der Waals surface area contributed by atoms with E-state index in [0.29, 0.717) is 5.69 Å². The van der Waals surface area contributed by atoms with Crippen LogP contribution in [0.1, 0.15) is 0 Å². The Morgan fingerprint density at radius 1 is 1.12 bits per heavy atom. The number of urea groups is 1. The van der Waals surface area contributed by atoms with Gasteiger partial charge in [-0.2, -0.15) is 0 Å². The summed E-state index contributed by atoms with van der Waals surface area (Å²) >= 11 is 16.1. The molecule has 7 heteroatoms. The van der Waals surface area contributed by atoms with Gasteiger partial charge in [-0.15, -0.1) is 0 Å². The van der Waals surface area contributed by atoms with Crippen LogP contribution in [0.3, 0.4) is 0 Å². The number of carbonyl (C=O) groups is 1. The predicted molar refractivity (Wildman–Crippen MR) is 63.1 cm³/mol. The third kappa shape index (κ3) is 4.26. The van der Waals surface area contributed by atoms with Gasteiger partial charge < -0.3 is 5.32 Å². The first-order valence-corrected chi connectivity index (χ1v) is 5.17. The molecular formula is C9H6Cl3FN2O. The summed E-state index contributed by atoms with van der Waals surface area (Å²) < 4.78 is 12.3. The van der Waals surface area contributed by atoms with Crippen LogP contribution in [0.5, 0.6) is 0 Å². The molecule has 0 bridgehead atoms. The van der Waals surface area contributed by atoms with Gasteiger partial charge >= 0.3 is 6.03 Å². The molecule has 0 aliphatic carbocycles. The van der Waals surface area contributed by atoms with Crippen LogP contribution in [0, 0.1) is 5.82 Å². The van der Waals surface area contributed by atoms with Gasteiger partial charge in [-0.05, 0) is 24.3 Å². The van der Waals surface area contributed by atoms with Crippen LogP contribution in [-0.4, -0.2) is 6.03 Å². The lowest BCUT2D eigenvalue weighted by Crippen LogP contribution is -2.26. The highest BCUT2D eigenvalue weighted by molar-refractivity contribution is 6.59. The average Bonchev–Trinajstić information content (AvgIpc) is 2.21. The highest BCUT2D eigenvalue weighted by atomic mass is 35.5. The van der Waals surface area contributed by atoms with Gasteiger partial charge in [0.1, 0.15) is 15.5 Å². The van der Waals surface area contributed by atoms with Gasteiger partial charge in [0, 0.05) is 5.69 Å². The van der Waals surface area contributed by atoms with Gasteiger partial charge in [-0.3, -0.25) is 5.32 Å². The molecule has 2 amide bonds. The summed E-state index contributed by atoms with van der Waals surface area (Å²) in [5.74, 6) is -0.396. The van der Waals surface area contributed by atoms with Crippen LogP contribution in [0.2, 0.25) is 0 Å². The molecule has 0 unspecified atom stereocenters. The molecule has 1 aromatic carbocycles. The first-order chi connectivity index (χ1) is 7.49. The normalized spacial score (nSPS) is 9.50. The van der Waals surface area contributed by atoms with Crippen molar-refractivity contribution in [3.63, 3.8) is 0 Å². The van der Waals surface area contributed by atoms with Crippen molar-refractivity contribution in [1.29, 1.82) is 0 Å². The molecule has 0 atom stereocenters. The van der Waals surface area contributed by atoms with Crippen LogP contribution in [0.15, 0.2) is 33.9 Å².